The van der Waals surface area contributed by atoms with Crippen molar-refractivity contribution in [3.8, 4) is 16.2 Å². The standard InChI is InChI=1S/C23H34FN3O3S.C21H26ClNO5S/c1-22(2,3)30-21(29)26-13-17(14-26)20(28)25-19-12-16(8-9-18(19)24)15-31-27-11-7-6-10-23(27,4)5;1-20(2,3)27-14(24)11-26-16-15(22)17(12-8-7-9-13(23)10-12)29-18(16)19(25)28-21(4,5)6/h8-9,12,17H,6-7,10-11,13-15H2,1-5H3,(H,25,28);7-10H,11,23H2,1-6H3. The first-order valence-corrected chi connectivity index (χ1v) is 22.1. The van der Waals surface area contributed by atoms with E-state index in [4.69, 9.17) is 36.3 Å². The summed E-state index contributed by atoms with van der Waals surface area (Å²) in [5, 5.41) is 2.91. The predicted octanol–water partition coefficient (Wildman–Crippen LogP) is 10.4. The maximum Gasteiger partial charge on any atom is 0.410 e. The molecule has 60 heavy (non-hydrogen) atoms. The van der Waals surface area contributed by atoms with Crippen molar-refractivity contribution < 1.29 is 42.5 Å². The van der Waals surface area contributed by atoms with Crippen molar-refractivity contribution in [2.75, 3.05) is 37.3 Å². The Morgan fingerprint density at radius 3 is 2.18 bits per heavy atom. The number of piperidine rings is 1. The number of hydrogen-bond donors (Lipinski definition) is 2. The number of nitrogen functional groups attached to an aromatic ring is 1. The van der Waals surface area contributed by atoms with Crippen LogP contribution in [0.1, 0.15) is 111 Å². The number of rotatable bonds is 10. The Balaban J connectivity index is 0.000000265. The summed E-state index contributed by atoms with van der Waals surface area (Å²) in [6.07, 6.45) is 3.20. The first kappa shape index (κ1) is 48.6. The second-order valence-electron chi connectivity index (χ2n) is 18.4. The topological polar surface area (TPSA) is 150 Å². The number of ether oxygens (including phenoxy) is 4. The molecule has 5 rings (SSSR count). The van der Waals surface area contributed by atoms with E-state index >= 15 is 0 Å². The summed E-state index contributed by atoms with van der Waals surface area (Å²) in [6, 6.07) is 12.0. The highest BCUT2D eigenvalue weighted by atomic mass is 35.5. The van der Waals surface area contributed by atoms with Crippen LogP contribution in [-0.2, 0) is 29.6 Å². The number of halogens is 2. The van der Waals surface area contributed by atoms with Crippen LogP contribution in [0, 0.1) is 11.7 Å². The smallest absolute Gasteiger partial charge is 0.410 e. The average molecular weight is 892 g/mol. The summed E-state index contributed by atoms with van der Waals surface area (Å²) in [5.41, 5.74) is 6.54. The first-order valence-electron chi connectivity index (χ1n) is 20.0. The van der Waals surface area contributed by atoms with Crippen LogP contribution in [0.5, 0.6) is 5.75 Å². The molecule has 3 aromatic rings. The Kier molecular flexibility index (Phi) is 16.0. The lowest BCUT2D eigenvalue weighted by Gasteiger charge is -2.41. The molecule has 2 fully saturated rings. The number of anilines is 2. The molecule has 3 heterocycles. The van der Waals surface area contributed by atoms with Gasteiger partial charge in [-0.2, -0.15) is 0 Å². The summed E-state index contributed by atoms with van der Waals surface area (Å²) in [4.78, 5) is 51.6. The van der Waals surface area contributed by atoms with Crippen molar-refractivity contribution in [1.82, 2.24) is 9.21 Å². The predicted molar refractivity (Wildman–Crippen MR) is 238 cm³/mol. The van der Waals surface area contributed by atoms with Gasteiger partial charge < -0.3 is 34.9 Å². The number of nitrogens with two attached hydrogens (primary N) is 1. The molecule has 2 aromatic carbocycles. The second-order valence-corrected chi connectivity index (χ2v) is 20.8. The number of esters is 2. The van der Waals surface area contributed by atoms with Crippen LogP contribution in [0.2, 0.25) is 5.02 Å². The molecule has 0 aliphatic carbocycles. The third kappa shape index (κ3) is 14.6. The Hall–Kier alpha value is -4.05. The van der Waals surface area contributed by atoms with E-state index in [0.29, 0.717) is 10.6 Å². The van der Waals surface area contributed by atoms with Gasteiger partial charge in [0.2, 0.25) is 5.91 Å². The minimum absolute atomic E-state index is 0.0919. The SMILES string of the molecule is CC(C)(C)OC(=O)COc1c(C(=O)OC(C)(C)C)sc(-c2cccc(N)c2)c1Cl.CC(C)(C)OC(=O)N1CC(C(=O)Nc2cc(CSN3CCCCC3(C)C)ccc2F)C1. The van der Waals surface area contributed by atoms with Crippen LogP contribution in [0.3, 0.4) is 0 Å². The van der Waals surface area contributed by atoms with Gasteiger partial charge in [0.1, 0.15) is 27.6 Å². The fourth-order valence-electron chi connectivity index (χ4n) is 6.10. The minimum atomic E-state index is -0.701. The highest BCUT2D eigenvalue weighted by Crippen LogP contribution is 2.46. The number of nitrogens with zero attached hydrogens (tertiary/aromatic N) is 2. The third-order valence-electron chi connectivity index (χ3n) is 8.95. The fraction of sp³-hybridized carbons (Fsp3) is 0.545. The largest absolute Gasteiger partial charge is 0.479 e. The van der Waals surface area contributed by atoms with E-state index in [1.54, 1.807) is 105 Å². The highest BCUT2D eigenvalue weighted by molar-refractivity contribution is 7.96. The zero-order valence-corrected chi connectivity index (χ0v) is 39.0. The Morgan fingerprint density at radius 1 is 0.933 bits per heavy atom. The Bertz CT molecular complexity index is 2020. The molecule has 16 heteroatoms. The average Bonchev–Trinajstić information content (AvgIpc) is 3.41. The highest BCUT2D eigenvalue weighted by Gasteiger charge is 2.38. The number of carbonyl (C=O) groups excluding carboxylic acids is 4. The van der Waals surface area contributed by atoms with Crippen molar-refractivity contribution in [1.29, 1.82) is 0 Å². The number of thiophene rings is 1. The summed E-state index contributed by atoms with van der Waals surface area (Å²) in [7, 11) is 0. The van der Waals surface area contributed by atoms with Crippen molar-refractivity contribution in [2.24, 2.45) is 5.92 Å². The minimum Gasteiger partial charge on any atom is -0.479 e. The van der Waals surface area contributed by atoms with Crippen LogP contribution in [0.25, 0.3) is 10.4 Å². The zero-order chi connectivity index (χ0) is 44.8. The molecule has 330 valence electrons. The molecule has 12 nitrogen and oxygen atoms in total. The number of hydrogen-bond acceptors (Lipinski definition) is 12. The number of carbonyl (C=O) groups is 4. The first-order chi connectivity index (χ1) is 27.7. The van der Waals surface area contributed by atoms with Crippen molar-refractivity contribution in [2.45, 2.75) is 124 Å². The molecule has 0 unspecified atom stereocenters. The van der Waals surface area contributed by atoms with Crippen molar-refractivity contribution in [3.05, 3.63) is 63.7 Å². The van der Waals surface area contributed by atoms with Crippen LogP contribution in [0.15, 0.2) is 42.5 Å². The van der Waals surface area contributed by atoms with Crippen LogP contribution < -0.4 is 15.8 Å². The van der Waals surface area contributed by atoms with Gasteiger partial charge in [-0.05, 0) is 124 Å². The van der Waals surface area contributed by atoms with Gasteiger partial charge in [-0.1, -0.05) is 48.2 Å². The molecular formula is C44H60ClFN4O8S2. The molecule has 2 aliphatic rings. The van der Waals surface area contributed by atoms with Gasteiger partial charge >= 0.3 is 18.0 Å². The lowest BCUT2D eigenvalue weighted by molar-refractivity contribution is -0.157. The second kappa shape index (κ2) is 19.8. The van der Waals surface area contributed by atoms with Crippen molar-refractivity contribution in [3.63, 3.8) is 0 Å². The number of likely N-dealkylation sites (tertiary alicyclic amines) is 1. The summed E-state index contributed by atoms with van der Waals surface area (Å²) in [6.45, 7) is 21.7. The number of nitrogens with one attached hydrogen (secondary N) is 1. The summed E-state index contributed by atoms with van der Waals surface area (Å²) < 4.78 is 38.4. The molecule has 2 amide bonds. The maximum absolute atomic E-state index is 14.3. The molecule has 0 radical (unpaired) electrons. The van der Waals surface area contributed by atoms with Gasteiger partial charge in [0, 0.05) is 36.6 Å². The number of amides is 2. The monoisotopic (exact) mass is 890 g/mol. The normalized spacial score (nSPS) is 15.8. The fourth-order valence-corrected chi connectivity index (χ4v) is 8.72. The van der Waals surface area contributed by atoms with Crippen LogP contribution in [0.4, 0.5) is 20.6 Å². The van der Waals surface area contributed by atoms with E-state index in [-0.39, 0.29) is 58.4 Å². The molecular weight excluding hydrogens is 831 g/mol. The van der Waals surface area contributed by atoms with E-state index in [0.717, 1.165) is 34.8 Å². The molecule has 1 aromatic heterocycles. The number of benzene rings is 2. The van der Waals surface area contributed by atoms with E-state index in [2.05, 4.69) is 23.5 Å². The van der Waals surface area contributed by atoms with Gasteiger partial charge in [-0.25, -0.2) is 23.1 Å². The Labute approximate surface area is 367 Å². The van der Waals surface area contributed by atoms with Gasteiger partial charge in [-0.3, -0.25) is 4.79 Å². The van der Waals surface area contributed by atoms with E-state index in [1.807, 2.05) is 6.07 Å². The van der Waals surface area contributed by atoms with Crippen molar-refractivity contribution >= 4 is 70.2 Å². The van der Waals surface area contributed by atoms with E-state index < -0.39 is 40.7 Å². The van der Waals surface area contributed by atoms with Gasteiger partial charge in [0.15, 0.2) is 17.2 Å². The lowest BCUT2D eigenvalue weighted by Crippen LogP contribution is -2.55. The summed E-state index contributed by atoms with van der Waals surface area (Å²) in [5.74, 6) is -1.43. The third-order valence-corrected chi connectivity index (χ3v) is 12.1. The van der Waals surface area contributed by atoms with Gasteiger partial charge in [0.25, 0.3) is 0 Å². The molecule has 2 saturated heterocycles. The van der Waals surface area contributed by atoms with E-state index in [1.165, 1.54) is 30.2 Å². The van der Waals surface area contributed by atoms with Crippen LogP contribution in [-0.4, -0.2) is 81.7 Å². The maximum atomic E-state index is 14.3. The summed E-state index contributed by atoms with van der Waals surface area (Å²) >= 11 is 9.42. The van der Waals surface area contributed by atoms with E-state index in [9.17, 15) is 23.6 Å². The van der Waals surface area contributed by atoms with Gasteiger partial charge in [-0.15, -0.1) is 11.3 Å². The molecule has 0 atom stereocenters. The van der Waals surface area contributed by atoms with Crippen LogP contribution >= 0.6 is 34.9 Å². The molecule has 3 N–H and O–H groups in total. The quantitative estimate of drug-likeness (QED) is 0.0867. The molecule has 2 aliphatic heterocycles. The van der Waals surface area contributed by atoms with Gasteiger partial charge in [0.05, 0.1) is 16.5 Å². The molecule has 0 bridgehead atoms. The molecule has 0 saturated carbocycles. The Morgan fingerprint density at radius 2 is 1.58 bits per heavy atom. The molecule has 0 spiro atoms. The zero-order valence-electron chi connectivity index (χ0n) is 36.6. The lowest BCUT2D eigenvalue weighted by atomic mass is 9.93.